The SMILES string of the molecule is [2H]c1c([2H])c([2H])c(-c2ccc(N(c3ccc4c(c3)-c3ccccc3C43c4ccccc4-c4ccccc43)c3c([2H])c([2H])c([2H])c4oc5c(-c6nc7ccccc7s6)c6c([2H])c([2H])c([2H])c([2H])c6c([2H])c5c34)cc2)c([2H])c1[2H]. The number of thiazole rings is 1. The number of rotatable bonds is 5. The highest BCUT2D eigenvalue weighted by Gasteiger charge is 2.51. The van der Waals surface area contributed by atoms with Gasteiger partial charge in [0, 0.05) is 16.8 Å². The second-order valence-corrected chi connectivity index (χ2v) is 17.0. The average molecular weight is 846 g/mol. The Bertz CT molecular complexity index is 4540. The molecule has 0 radical (unpaired) electrons. The highest BCUT2D eigenvalue weighted by atomic mass is 32.1. The van der Waals surface area contributed by atoms with Crippen molar-refractivity contribution in [3.8, 4) is 44.0 Å². The van der Waals surface area contributed by atoms with Crippen LogP contribution in [0.3, 0.4) is 0 Å². The molecule has 0 unspecified atom stereocenters. The lowest BCUT2D eigenvalue weighted by molar-refractivity contribution is 0.670. The number of para-hydroxylation sites is 1. The molecule has 64 heavy (non-hydrogen) atoms. The van der Waals surface area contributed by atoms with Crippen LogP contribution in [0.15, 0.2) is 222 Å². The molecular formula is C60H36N2OS. The summed E-state index contributed by atoms with van der Waals surface area (Å²) in [7, 11) is 0. The van der Waals surface area contributed by atoms with Gasteiger partial charge < -0.3 is 9.32 Å². The highest BCUT2D eigenvalue weighted by molar-refractivity contribution is 7.21. The molecule has 2 aliphatic carbocycles. The van der Waals surface area contributed by atoms with E-state index in [9.17, 15) is 8.22 Å². The largest absolute Gasteiger partial charge is 0.455 e. The molecular weight excluding hydrogens is 797 g/mol. The fraction of sp³-hybridized carbons (Fsp3) is 0.0167. The van der Waals surface area contributed by atoms with Crippen molar-refractivity contribution in [2.45, 2.75) is 5.41 Å². The van der Waals surface area contributed by atoms with Crippen molar-refractivity contribution in [3.63, 3.8) is 0 Å². The van der Waals surface area contributed by atoms with Crippen molar-refractivity contribution in [1.82, 2.24) is 4.98 Å². The molecule has 2 aliphatic rings. The van der Waals surface area contributed by atoms with Crippen molar-refractivity contribution >= 4 is 71.3 Å². The minimum Gasteiger partial charge on any atom is -0.455 e. The molecule has 3 nitrogen and oxygen atoms in total. The predicted octanol–water partition coefficient (Wildman–Crippen LogP) is 16.5. The molecule has 2 heterocycles. The highest BCUT2D eigenvalue weighted by Crippen LogP contribution is 2.63. The number of fused-ring (bicyclic) bond motifs is 15. The lowest BCUT2D eigenvalue weighted by Gasteiger charge is -2.31. The summed E-state index contributed by atoms with van der Waals surface area (Å²) in [6.07, 6.45) is 0. The van der Waals surface area contributed by atoms with E-state index in [2.05, 4.69) is 54.6 Å². The fourth-order valence-electron chi connectivity index (χ4n) is 10.2. The van der Waals surface area contributed by atoms with Crippen LogP contribution in [0.1, 0.15) is 40.1 Å². The smallest absolute Gasteiger partial charge is 0.146 e. The van der Waals surface area contributed by atoms with Gasteiger partial charge in [0.1, 0.15) is 16.2 Å². The first-order chi connectivity index (χ1) is 37.1. The Balaban J connectivity index is 1.11. The van der Waals surface area contributed by atoms with Crippen molar-refractivity contribution in [1.29, 1.82) is 0 Å². The number of hydrogen-bond acceptors (Lipinski definition) is 4. The standard InChI is InChI=1S/C60H36N2OS/c1-2-15-37(16-3-1)38-29-31-40(32-30-38)62(41-33-34-51-46(36-41)45-21-8-11-24-50(45)60(51)48-22-9-6-19-43(48)44-20-7-10-23-49(44)60)53-26-14-27-54-56(53)47-35-39-17-4-5-18-42(39)57(58(47)63-54)59-61-52-25-12-13-28-55(52)64-59/h1-36H/i1D,2D,3D,4D,5D,14D,15D,16D,17D,18D,26D,27D,35D. The van der Waals surface area contributed by atoms with Crippen molar-refractivity contribution < 1.29 is 22.2 Å². The maximum absolute atomic E-state index is 10.1. The Morgan fingerprint density at radius 1 is 0.531 bits per heavy atom. The van der Waals surface area contributed by atoms with E-state index in [0.29, 0.717) is 27.5 Å². The number of furan rings is 1. The number of benzene rings is 10. The number of nitrogens with zero attached hydrogens (tertiary/aromatic N) is 2. The molecule has 0 atom stereocenters. The van der Waals surface area contributed by atoms with Crippen LogP contribution in [0.5, 0.6) is 0 Å². The molecule has 0 saturated heterocycles. The van der Waals surface area contributed by atoms with E-state index in [4.69, 9.17) is 19.0 Å². The first-order valence-electron chi connectivity index (χ1n) is 27.3. The molecule has 0 aliphatic heterocycles. The second kappa shape index (κ2) is 13.5. The number of anilines is 3. The Labute approximate surface area is 392 Å². The molecule has 1 spiro atoms. The van der Waals surface area contributed by atoms with Crippen LogP contribution in [-0.4, -0.2) is 4.98 Å². The third kappa shape index (κ3) is 4.89. The van der Waals surface area contributed by atoms with E-state index in [1.807, 2.05) is 60.7 Å². The van der Waals surface area contributed by atoms with Gasteiger partial charge in [0.2, 0.25) is 0 Å². The van der Waals surface area contributed by atoms with E-state index >= 15 is 0 Å². The van der Waals surface area contributed by atoms with E-state index in [1.54, 1.807) is 29.2 Å². The summed E-state index contributed by atoms with van der Waals surface area (Å²) in [5.74, 6) is 0. The van der Waals surface area contributed by atoms with Gasteiger partial charge >= 0.3 is 0 Å². The van der Waals surface area contributed by atoms with Crippen LogP contribution in [-0.2, 0) is 5.41 Å². The van der Waals surface area contributed by atoms with E-state index in [1.165, 1.54) is 11.3 Å². The van der Waals surface area contributed by atoms with Crippen LogP contribution in [0, 0.1) is 0 Å². The van der Waals surface area contributed by atoms with Gasteiger partial charge in [-0.1, -0.05) is 164 Å². The van der Waals surface area contributed by atoms with E-state index in [0.717, 1.165) is 49.2 Å². The molecule has 12 aromatic rings. The number of hydrogen-bond donors (Lipinski definition) is 0. The summed E-state index contributed by atoms with van der Waals surface area (Å²) in [5, 5.41) is 0.313. The quantitative estimate of drug-likeness (QED) is 0.173. The summed E-state index contributed by atoms with van der Waals surface area (Å²) < 4.78 is 126. The molecule has 4 heteroatoms. The van der Waals surface area contributed by atoms with E-state index < -0.39 is 65.8 Å². The van der Waals surface area contributed by atoms with Crippen molar-refractivity contribution in [2.75, 3.05) is 4.90 Å². The molecule has 298 valence electrons. The van der Waals surface area contributed by atoms with E-state index in [-0.39, 0.29) is 67.7 Å². The number of aromatic nitrogens is 1. The molecule has 14 rings (SSSR count). The molecule has 0 bridgehead atoms. The minimum absolute atomic E-state index is 0.00161. The predicted molar refractivity (Wildman–Crippen MR) is 266 cm³/mol. The Morgan fingerprint density at radius 3 is 1.92 bits per heavy atom. The average Bonchev–Trinajstić information content (AvgIpc) is 4.38. The lowest BCUT2D eigenvalue weighted by atomic mass is 9.70. The molecule has 2 aromatic heterocycles. The van der Waals surface area contributed by atoms with Gasteiger partial charge in [-0.05, 0) is 121 Å². The third-order valence-electron chi connectivity index (χ3n) is 12.8. The first kappa shape index (κ1) is 25.2. The molecule has 10 aromatic carbocycles. The maximum Gasteiger partial charge on any atom is 0.146 e. The van der Waals surface area contributed by atoms with Gasteiger partial charge in [-0.2, -0.15) is 0 Å². The van der Waals surface area contributed by atoms with Crippen LogP contribution in [0.25, 0.3) is 86.9 Å². The van der Waals surface area contributed by atoms with Crippen LogP contribution < -0.4 is 4.90 Å². The Kier molecular flexibility index (Phi) is 5.30. The van der Waals surface area contributed by atoms with Gasteiger partial charge in [-0.15, -0.1) is 11.3 Å². The van der Waals surface area contributed by atoms with Crippen LogP contribution >= 0.6 is 11.3 Å². The summed E-state index contributed by atoms with van der Waals surface area (Å²) in [6, 6.07) is 39.2. The minimum atomic E-state index is -0.706. The van der Waals surface area contributed by atoms with Crippen LogP contribution in [0.4, 0.5) is 17.1 Å². The molecule has 0 amide bonds. The summed E-state index contributed by atoms with van der Waals surface area (Å²) in [4.78, 5) is 6.68. The monoisotopic (exact) mass is 845 g/mol. The summed E-state index contributed by atoms with van der Waals surface area (Å²) >= 11 is 1.27. The molecule has 0 N–H and O–H groups in total. The Hall–Kier alpha value is -8.05. The van der Waals surface area contributed by atoms with Crippen LogP contribution in [0.2, 0.25) is 0 Å². The van der Waals surface area contributed by atoms with Gasteiger partial charge in [0.25, 0.3) is 0 Å². The van der Waals surface area contributed by atoms with Gasteiger partial charge in [0.15, 0.2) is 0 Å². The second-order valence-electron chi connectivity index (χ2n) is 16.0. The van der Waals surface area contributed by atoms with Crippen molar-refractivity contribution in [2.24, 2.45) is 0 Å². The van der Waals surface area contributed by atoms with Crippen molar-refractivity contribution in [3.05, 3.63) is 240 Å². The topological polar surface area (TPSA) is 29.3 Å². The maximum atomic E-state index is 10.1. The zero-order valence-corrected chi connectivity index (χ0v) is 34.3. The summed E-state index contributed by atoms with van der Waals surface area (Å²) in [5.41, 5.74) is 9.55. The van der Waals surface area contributed by atoms with Gasteiger partial charge in [0.05, 0.1) is 50.1 Å². The van der Waals surface area contributed by atoms with Gasteiger partial charge in [-0.3, -0.25) is 0 Å². The van der Waals surface area contributed by atoms with Gasteiger partial charge in [-0.25, -0.2) is 4.98 Å². The first-order valence-corrected chi connectivity index (χ1v) is 21.6. The Morgan fingerprint density at radius 2 is 1.17 bits per heavy atom. The zero-order chi connectivity index (χ0) is 53.2. The fourth-order valence-corrected chi connectivity index (χ4v) is 11.3. The summed E-state index contributed by atoms with van der Waals surface area (Å²) in [6.45, 7) is 0. The molecule has 0 saturated carbocycles. The molecule has 0 fully saturated rings. The lowest BCUT2D eigenvalue weighted by Crippen LogP contribution is -2.25. The normalized spacial score (nSPS) is 16.0. The zero-order valence-electron chi connectivity index (χ0n) is 46.5. The third-order valence-corrected chi connectivity index (χ3v) is 13.9.